The van der Waals surface area contributed by atoms with Crippen molar-refractivity contribution in [1.82, 2.24) is 10.2 Å². The lowest BCUT2D eigenvalue weighted by Crippen LogP contribution is -2.54. The zero-order valence-electron chi connectivity index (χ0n) is 12.9. The molecule has 3 aliphatic rings. The van der Waals surface area contributed by atoms with Gasteiger partial charge in [-0.25, -0.2) is 0 Å². The fourth-order valence-electron chi connectivity index (χ4n) is 4.13. The zero-order valence-corrected chi connectivity index (χ0v) is 12.9. The van der Waals surface area contributed by atoms with Gasteiger partial charge in [0.2, 0.25) is 0 Å². The number of ether oxygens (including phenoxy) is 2. The summed E-state index contributed by atoms with van der Waals surface area (Å²) in [6, 6.07) is 0.674. The highest BCUT2D eigenvalue weighted by molar-refractivity contribution is 4.95. The van der Waals surface area contributed by atoms with Crippen molar-refractivity contribution in [2.75, 3.05) is 46.0 Å². The molecule has 0 aromatic carbocycles. The molecule has 1 N–H and O–H groups in total. The van der Waals surface area contributed by atoms with E-state index in [0.29, 0.717) is 17.6 Å². The number of nitrogens with zero attached hydrogens (tertiary/aromatic N) is 1. The van der Waals surface area contributed by atoms with E-state index in [0.717, 1.165) is 39.5 Å². The number of hydrogen-bond donors (Lipinski definition) is 1. The van der Waals surface area contributed by atoms with Crippen molar-refractivity contribution in [2.45, 2.75) is 51.2 Å². The SMILES string of the molecule is CCCNCC1(CN2CCOC3CCCC32)CCOC1. The molecule has 0 aromatic heterocycles. The van der Waals surface area contributed by atoms with Crippen molar-refractivity contribution < 1.29 is 9.47 Å². The van der Waals surface area contributed by atoms with Crippen LogP contribution in [0.2, 0.25) is 0 Å². The van der Waals surface area contributed by atoms with E-state index in [1.807, 2.05) is 0 Å². The lowest BCUT2D eigenvalue weighted by Gasteiger charge is -2.42. The molecule has 0 radical (unpaired) electrons. The molecule has 2 aliphatic heterocycles. The highest BCUT2D eigenvalue weighted by Crippen LogP contribution is 2.35. The molecule has 0 bridgehead atoms. The van der Waals surface area contributed by atoms with Crippen molar-refractivity contribution in [3.8, 4) is 0 Å². The predicted molar refractivity (Wildman–Crippen MR) is 80.0 cm³/mol. The third kappa shape index (κ3) is 3.19. The fourth-order valence-corrected chi connectivity index (χ4v) is 4.13. The summed E-state index contributed by atoms with van der Waals surface area (Å²) in [5.41, 5.74) is 0.333. The minimum absolute atomic E-state index is 0.333. The first-order valence-electron chi connectivity index (χ1n) is 8.47. The van der Waals surface area contributed by atoms with Crippen LogP contribution in [0.15, 0.2) is 0 Å². The largest absolute Gasteiger partial charge is 0.381 e. The standard InChI is InChI=1S/C16H30N2O2/c1-2-7-17-11-16(6-9-19-13-16)12-18-8-10-20-15-5-3-4-14(15)18/h14-15,17H,2-13H2,1H3. The Morgan fingerprint density at radius 2 is 2.25 bits per heavy atom. The maximum absolute atomic E-state index is 5.94. The highest BCUT2D eigenvalue weighted by Gasteiger charge is 2.42. The summed E-state index contributed by atoms with van der Waals surface area (Å²) in [6.07, 6.45) is 6.84. The van der Waals surface area contributed by atoms with Crippen LogP contribution < -0.4 is 5.32 Å². The molecule has 4 heteroatoms. The molecular formula is C16H30N2O2. The van der Waals surface area contributed by atoms with Gasteiger partial charge in [-0.3, -0.25) is 4.90 Å². The maximum Gasteiger partial charge on any atom is 0.0730 e. The van der Waals surface area contributed by atoms with Gasteiger partial charge in [0.05, 0.1) is 19.3 Å². The minimum atomic E-state index is 0.333. The lowest BCUT2D eigenvalue weighted by atomic mass is 9.85. The maximum atomic E-state index is 5.94. The molecular weight excluding hydrogens is 252 g/mol. The number of nitrogens with one attached hydrogen (secondary N) is 1. The van der Waals surface area contributed by atoms with Crippen LogP contribution in [-0.2, 0) is 9.47 Å². The quantitative estimate of drug-likeness (QED) is 0.751. The third-order valence-corrected chi connectivity index (χ3v) is 5.25. The summed E-state index contributed by atoms with van der Waals surface area (Å²) in [5, 5.41) is 3.63. The molecule has 1 saturated carbocycles. The van der Waals surface area contributed by atoms with Crippen molar-refractivity contribution in [3.05, 3.63) is 0 Å². The Balaban J connectivity index is 1.60. The number of morpholine rings is 1. The second-order valence-corrected chi connectivity index (χ2v) is 6.86. The Kier molecular flexibility index (Phi) is 4.97. The van der Waals surface area contributed by atoms with Crippen LogP contribution in [0.1, 0.15) is 39.0 Å². The van der Waals surface area contributed by atoms with Gasteiger partial charge in [0, 0.05) is 37.7 Å². The molecule has 20 heavy (non-hydrogen) atoms. The van der Waals surface area contributed by atoms with Crippen LogP contribution in [0.3, 0.4) is 0 Å². The van der Waals surface area contributed by atoms with Crippen LogP contribution in [-0.4, -0.2) is 63.0 Å². The van der Waals surface area contributed by atoms with Gasteiger partial charge in [-0.2, -0.15) is 0 Å². The Bertz CT molecular complexity index is 305. The molecule has 3 unspecified atom stereocenters. The summed E-state index contributed by atoms with van der Waals surface area (Å²) in [4.78, 5) is 2.71. The summed E-state index contributed by atoms with van der Waals surface area (Å²) in [6.45, 7) is 9.54. The van der Waals surface area contributed by atoms with Gasteiger partial charge < -0.3 is 14.8 Å². The van der Waals surface area contributed by atoms with E-state index >= 15 is 0 Å². The van der Waals surface area contributed by atoms with E-state index < -0.39 is 0 Å². The molecule has 4 nitrogen and oxygen atoms in total. The van der Waals surface area contributed by atoms with Crippen LogP contribution in [0.4, 0.5) is 0 Å². The van der Waals surface area contributed by atoms with Crippen LogP contribution >= 0.6 is 0 Å². The first-order chi connectivity index (χ1) is 9.83. The van der Waals surface area contributed by atoms with Gasteiger partial charge in [-0.05, 0) is 38.6 Å². The fraction of sp³-hybridized carbons (Fsp3) is 1.00. The van der Waals surface area contributed by atoms with E-state index in [1.165, 1.54) is 38.6 Å². The number of fused-ring (bicyclic) bond motifs is 1. The molecule has 0 amide bonds. The Hall–Kier alpha value is -0.160. The molecule has 2 saturated heterocycles. The first kappa shape index (κ1) is 14.8. The third-order valence-electron chi connectivity index (χ3n) is 5.25. The minimum Gasteiger partial charge on any atom is -0.381 e. The number of rotatable bonds is 6. The second-order valence-electron chi connectivity index (χ2n) is 6.86. The van der Waals surface area contributed by atoms with Gasteiger partial charge in [-0.15, -0.1) is 0 Å². The summed E-state index contributed by atoms with van der Waals surface area (Å²) < 4.78 is 11.7. The zero-order chi connectivity index (χ0) is 13.8. The van der Waals surface area contributed by atoms with Crippen molar-refractivity contribution in [1.29, 1.82) is 0 Å². The molecule has 3 atom stereocenters. The lowest BCUT2D eigenvalue weighted by molar-refractivity contribution is -0.0691. The normalized spacial score (nSPS) is 38.2. The van der Waals surface area contributed by atoms with Gasteiger partial charge in [0.15, 0.2) is 0 Å². The van der Waals surface area contributed by atoms with E-state index in [1.54, 1.807) is 0 Å². The number of hydrogen-bond acceptors (Lipinski definition) is 4. The Morgan fingerprint density at radius 1 is 1.30 bits per heavy atom. The van der Waals surface area contributed by atoms with Crippen molar-refractivity contribution >= 4 is 0 Å². The van der Waals surface area contributed by atoms with Gasteiger partial charge in [0.1, 0.15) is 0 Å². The van der Waals surface area contributed by atoms with E-state index in [2.05, 4.69) is 17.1 Å². The van der Waals surface area contributed by atoms with Gasteiger partial charge in [-0.1, -0.05) is 6.92 Å². The van der Waals surface area contributed by atoms with E-state index in [-0.39, 0.29) is 0 Å². The molecule has 0 spiro atoms. The van der Waals surface area contributed by atoms with Gasteiger partial charge >= 0.3 is 0 Å². The summed E-state index contributed by atoms with van der Waals surface area (Å²) in [5.74, 6) is 0. The molecule has 3 fully saturated rings. The van der Waals surface area contributed by atoms with Gasteiger partial charge in [0.25, 0.3) is 0 Å². The highest BCUT2D eigenvalue weighted by atomic mass is 16.5. The summed E-state index contributed by atoms with van der Waals surface area (Å²) >= 11 is 0. The predicted octanol–water partition coefficient (Wildman–Crippen LogP) is 1.65. The second kappa shape index (κ2) is 6.73. The van der Waals surface area contributed by atoms with Crippen molar-refractivity contribution in [3.63, 3.8) is 0 Å². The van der Waals surface area contributed by atoms with Crippen LogP contribution in [0.25, 0.3) is 0 Å². The summed E-state index contributed by atoms with van der Waals surface area (Å²) in [7, 11) is 0. The van der Waals surface area contributed by atoms with Crippen LogP contribution in [0.5, 0.6) is 0 Å². The Morgan fingerprint density at radius 3 is 3.05 bits per heavy atom. The average Bonchev–Trinajstić information content (AvgIpc) is 3.09. The topological polar surface area (TPSA) is 33.7 Å². The Labute approximate surface area is 123 Å². The smallest absolute Gasteiger partial charge is 0.0730 e. The molecule has 0 aromatic rings. The van der Waals surface area contributed by atoms with Crippen LogP contribution in [0, 0.1) is 5.41 Å². The van der Waals surface area contributed by atoms with E-state index in [9.17, 15) is 0 Å². The molecule has 1 aliphatic carbocycles. The van der Waals surface area contributed by atoms with E-state index in [4.69, 9.17) is 9.47 Å². The van der Waals surface area contributed by atoms with Crippen molar-refractivity contribution in [2.24, 2.45) is 5.41 Å². The monoisotopic (exact) mass is 282 g/mol. The molecule has 2 heterocycles. The molecule has 3 rings (SSSR count). The average molecular weight is 282 g/mol. The first-order valence-corrected chi connectivity index (χ1v) is 8.47. The molecule has 116 valence electrons.